The molecule has 0 saturated heterocycles. The normalized spacial score (nSPS) is 13.1. The molecule has 3 nitrogen and oxygen atoms in total. The van der Waals surface area contributed by atoms with Crippen LogP contribution >= 0.6 is 0 Å². The molecule has 0 rings (SSSR count). The molecule has 72 valence electrons. The van der Waals surface area contributed by atoms with Crippen LogP contribution in [-0.2, 0) is 9.53 Å². The third kappa shape index (κ3) is 5.01. The van der Waals surface area contributed by atoms with Crippen molar-refractivity contribution >= 4 is 5.97 Å². The highest BCUT2D eigenvalue weighted by Gasteiger charge is 2.16. The van der Waals surface area contributed by atoms with Crippen LogP contribution in [-0.4, -0.2) is 25.0 Å². The van der Waals surface area contributed by atoms with Gasteiger partial charge < -0.3 is 10.5 Å². The number of rotatable bonds is 5. The van der Waals surface area contributed by atoms with Gasteiger partial charge in [0.25, 0.3) is 0 Å². The molecule has 0 aliphatic carbocycles. The summed E-state index contributed by atoms with van der Waals surface area (Å²) in [6.45, 7) is 1.86. The summed E-state index contributed by atoms with van der Waals surface area (Å²) in [7, 11) is 0. The average Bonchev–Trinajstić information content (AvgIpc) is 2.00. The predicted molar refractivity (Wildman–Crippen MR) is 39.8 cm³/mol. The highest BCUT2D eigenvalue weighted by atomic mass is 19.3. The van der Waals surface area contributed by atoms with E-state index in [-0.39, 0.29) is 19.4 Å². The van der Waals surface area contributed by atoms with Gasteiger partial charge in [0.15, 0.2) is 0 Å². The highest BCUT2D eigenvalue weighted by molar-refractivity contribution is 5.75. The number of esters is 1. The number of carbonyl (C=O) groups is 1. The van der Waals surface area contributed by atoms with Crippen LogP contribution in [0.3, 0.4) is 0 Å². The first-order valence-electron chi connectivity index (χ1n) is 3.78. The SMILES string of the molecule is CCOC(=O)C(N)CCC(F)F. The van der Waals surface area contributed by atoms with Gasteiger partial charge in [-0.2, -0.15) is 0 Å². The molecular weight excluding hydrogens is 168 g/mol. The van der Waals surface area contributed by atoms with Crippen LogP contribution in [0.4, 0.5) is 8.78 Å². The summed E-state index contributed by atoms with van der Waals surface area (Å²) in [5.74, 6) is -0.613. The van der Waals surface area contributed by atoms with Gasteiger partial charge in [-0.15, -0.1) is 0 Å². The first-order chi connectivity index (χ1) is 5.57. The van der Waals surface area contributed by atoms with E-state index in [0.717, 1.165) is 0 Å². The van der Waals surface area contributed by atoms with Crippen molar-refractivity contribution in [2.24, 2.45) is 5.73 Å². The summed E-state index contributed by atoms with van der Waals surface area (Å²) in [6, 6.07) is -0.918. The van der Waals surface area contributed by atoms with Gasteiger partial charge in [-0.25, -0.2) is 8.78 Å². The Morgan fingerprint density at radius 1 is 1.50 bits per heavy atom. The van der Waals surface area contributed by atoms with Crippen LogP contribution < -0.4 is 5.73 Å². The third-order valence-corrected chi connectivity index (χ3v) is 1.29. The molecular formula is C7H13F2NO2. The van der Waals surface area contributed by atoms with Crippen molar-refractivity contribution in [2.45, 2.75) is 32.2 Å². The lowest BCUT2D eigenvalue weighted by Crippen LogP contribution is -2.32. The number of ether oxygens (including phenoxy) is 1. The largest absolute Gasteiger partial charge is 0.465 e. The van der Waals surface area contributed by atoms with Gasteiger partial charge in [-0.3, -0.25) is 4.79 Å². The average molecular weight is 181 g/mol. The molecule has 0 saturated carbocycles. The molecule has 0 aliphatic rings. The van der Waals surface area contributed by atoms with E-state index in [0.29, 0.717) is 0 Å². The second-order valence-electron chi connectivity index (χ2n) is 2.33. The molecule has 0 fully saturated rings. The van der Waals surface area contributed by atoms with E-state index >= 15 is 0 Å². The number of hydrogen-bond donors (Lipinski definition) is 1. The van der Waals surface area contributed by atoms with Crippen molar-refractivity contribution in [1.82, 2.24) is 0 Å². The van der Waals surface area contributed by atoms with Crippen LogP contribution in [0.5, 0.6) is 0 Å². The third-order valence-electron chi connectivity index (χ3n) is 1.29. The predicted octanol–water partition coefficient (Wildman–Crippen LogP) is 0.922. The number of nitrogens with two attached hydrogens (primary N) is 1. The van der Waals surface area contributed by atoms with E-state index < -0.39 is 18.4 Å². The van der Waals surface area contributed by atoms with Crippen molar-refractivity contribution < 1.29 is 18.3 Å². The maximum Gasteiger partial charge on any atom is 0.322 e. The van der Waals surface area contributed by atoms with Gasteiger partial charge in [0.05, 0.1) is 6.61 Å². The molecule has 2 N–H and O–H groups in total. The highest BCUT2D eigenvalue weighted by Crippen LogP contribution is 2.05. The molecule has 1 unspecified atom stereocenters. The fraction of sp³-hybridized carbons (Fsp3) is 0.857. The quantitative estimate of drug-likeness (QED) is 0.642. The first-order valence-corrected chi connectivity index (χ1v) is 3.78. The van der Waals surface area contributed by atoms with E-state index in [4.69, 9.17) is 5.73 Å². The number of carbonyl (C=O) groups excluding carboxylic acids is 1. The van der Waals surface area contributed by atoms with Crippen LogP contribution in [0.25, 0.3) is 0 Å². The Morgan fingerprint density at radius 3 is 2.50 bits per heavy atom. The standard InChI is InChI=1S/C7H13F2NO2/c1-2-12-7(11)5(10)3-4-6(8)9/h5-6H,2-4,10H2,1H3. The molecule has 0 aliphatic heterocycles. The molecule has 0 aromatic heterocycles. The Bertz CT molecular complexity index is 141. The Morgan fingerprint density at radius 2 is 2.08 bits per heavy atom. The van der Waals surface area contributed by atoms with Gasteiger partial charge in [-0.1, -0.05) is 0 Å². The van der Waals surface area contributed by atoms with Crippen LogP contribution in [0.2, 0.25) is 0 Å². The molecule has 0 aromatic carbocycles. The minimum Gasteiger partial charge on any atom is -0.465 e. The van der Waals surface area contributed by atoms with Crippen molar-refractivity contribution in [1.29, 1.82) is 0 Å². The molecule has 0 radical (unpaired) electrons. The lowest BCUT2D eigenvalue weighted by Gasteiger charge is -2.09. The zero-order chi connectivity index (χ0) is 9.56. The molecule has 0 amide bonds. The first kappa shape index (κ1) is 11.3. The molecule has 5 heteroatoms. The van der Waals surface area contributed by atoms with Gasteiger partial charge in [0.2, 0.25) is 6.43 Å². The maximum absolute atomic E-state index is 11.6. The van der Waals surface area contributed by atoms with Gasteiger partial charge in [0, 0.05) is 6.42 Å². The van der Waals surface area contributed by atoms with Crippen molar-refractivity contribution in [3.05, 3.63) is 0 Å². The monoisotopic (exact) mass is 181 g/mol. The topological polar surface area (TPSA) is 52.3 Å². The Labute approximate surface area is 69.9 Å². The molecule has 0 aromatic rings. The number of halogens is 2. The summed E-state index contributed by atoms with van der Waals surface area (Å²) < 4.78 is 27.8. The molecule has 12 heavy (non-hydrogen) atoms. The second kappa shape index (κ2) is 5.88. The van der Waals surface area contributed by atoms with E-state index in [2.05, 4.69) is 4.74 Å². The van der Waals surface area contributed by atoms with E-state index in [1.165, 1.54) is 0 Å². The second-order valence-corrected chi connectivity index (χ2v) is 2.33. The summed E-state index contributed by atoms with van der Waals surface area (Å²) in [4.78, 5) is 10.8. The van der Waals surface area contributed by atoms with Gasteiger partial charge in [-0.05, 0) is 13.3 Å². The summed E-state index contributed by atoms with van der Waals surface area (Å²) in [5.41, 5.74) is 5.24. The van der Waals surface area contributed by atoms with Crippen LogP contribution in [0, 0.1) is 0 Å². The molecule has 0 bridgehead atoms. The number of hydrogen-bond acceptors (Lipinski definition) is 3. The lowest BCUT2D eigenvalue weighted by molar-refractivity contribution is -0.144. The van der Waals surface area contributed by atoms with E-state index in [1.54, 1.807) is 6.92 Å². The minimum atomic E-state index is -2.41. The fourth-order valence-electron chi connectivity index (χ4n) is 0.673. The van der Waals surface area contributed by atoms with Gasteiger partial charge in [0.1, 0.15) is 6.04 Å². The maximum atomic E-state index is 11.6. The van der Waals surface area contributed by atoms with Crippen molar-refractivity contribution in [3.63, 3.8) is 0 Å². The fourth-order valence-corrected chi connectivity index (χ4v) is 0.673. The Kier molecular flexibility index (Phi) is 5.53. The van der Waals surface area contributed by atoms with E-state index in [1.807, 2.05) is 0 Å². The Hall–Kier alpha value is -0.710. The summed E-state index contributed by atoms with van der Waals surface area (Å²) in [6.07, 6.45) is -2.80. The van der Waals surface area contributed by atoms with Crippen molar-refractivity contribution in [2.75, 3.05) is 6.61 Å². The van der Waals surface area contributed by atoms with Gasteiger partial charge >= 0.3 is 5.97 Å². The minimum absolute atomic E-state index is 0.0312. The Balaban J connectivity index is 3.56. The smallest absolute Gasteiger partial charge is 0.322 e. The zero-order valence-corrected chi connectivity index (χ0v) is 6.93. The van der Waals surface area contributed by atoms with Crippen LogP contribution in [0.1, 0.15) is 19.8 Å². The van der Waals surface area contributed by atoms with E-state index in [9.17, 15) is 13.6 Å². The lowest BCUT2D eigenvalue weighted by atomic mass is 10.2. The summed E-state index contributed by atoms with van der Waals surface area (Å²) >= 11 is 0. The summed E-state index contributed by atoms with van der Waals surface area (Å²) in [5, 5.41) is 0. The molecule has 0 heterocycles. The molecule has 0 spiro atoms. The number of alkyl halides is 2. The zero-order valence-electron chi connectivity index (χ0n) is 6.93. The van der Waals surface area contributed by atoms with Crippen LogP contribution in [0.15, 0.2) is 0 Å². The molecule has 1 atom stereocenters. The van der Waals surface area contributed by atoms with Crippen molar-refractivity contribution in [3.8, 4) is 0 Å².